The summed E-state index contributed by atoms with van der Waals surface area (Å²) in [5.41, 5.74) is 30.0. The number of aliphatic imine (C=N–C) groups is 2. The van der Waals surface area contributed by atoms with Crippen molar-refractivity contribution in [1.29, 1.82) is 0 Å². The van der Waals surface area contributed by atoms with Crippen LogP contribution in [0.5, 0.6) is 5.75 Å². The van der Waals surface area contributed by atoms with Crippen molar-refractivity contribution in [3.8, 4) is 5.75 Å². The Kier molecular flexibility index (Phi) is 42.7. The molecule has 0 aliphatic carbocycles. The minimum atomic E-state index is -1.18. The van der Waals surface area contributed by atoms with Gasteiger partial charge in [-0.25, -0.2) is 0 Å². The minimum absolute atomic E-state index is 0.00305. The molecule has 1 saturated heterocycles. The largest absolute Gasteiger partial charge is 0.508 e. The molecule has 0 saturated carbocycles. The molecule has 0 unspecified atom stereocenters. The molecule has 1 fully saturated rings. The lowest BCUT2D eigenvalue weighted by atomic mass is 9.89. The fraction of sp³-hybridized carbons (Fsp3) is 0.648. The van der Waals surface area contributed by atoms with Crippen LogP contribution in [-0.4, -0.2) is 266 Å². The second-order valence-electron chi connectivity index (χ2n) is 26.3. The molecule has 5 atom stereocenters. The van der Waals surface area contributed by atoms with Crippen LogP contribution in [0.1, 0.15) is 96.1 Å². The third-order valence-corrected chi connectivity index (χ3v) is 17.1. The number of phenolic OH excluding ortho intramolecular Hbond substituents is 1. The molecule has 2 aromatic carbocycles. The molecule has 570 valence electrons. The smallest absolute Gasteiger partial charge is 0.234 e. The summed E-state index contributed by atoms with van der Waals surface area (Å²) in [5.74, 6) is -6.59. The average molecular weight is 1430 g/mol. The fourth-order valence-electron chi connectivity index (χ4n) is 11.6. The number of H-pyrrole nitrogens is 1. The van der Waals surface area contributed by atoms with E-state index in [-0.39, 0.29) is 157 Å². The number of carbonyl (C=O) groups is 9. The van der Waals surface area contributed by atoms with Gasteiger partial charge in [-0.1, -0.05) is 44.2 Å². The predicted molar refractivity (Wildman–Crippen MR) is 391 cm³/mol. The number of aromatic amines is 1. The van der Waals surface area contributed by atoms with E-state index in [1.165, 1.54) is 19.1 Å². The number of aromatic nitrogens is 1. The van der Waals surface area contributed by atoms with Crippen LogP contribution in [-0.2, 0) is 74.9 Å². The van der Waals surface area contributed by atoms with Gasteiger partial charge >= 0.3 is 0 Å². The lowest BCUT2D eigenvalue weighted by molar-refractivity contribution is -0.134. The zero-order valence-electron chi connectivity index (χ0n) is 60.5. The predicted octanol–water partition coefficient (Wildman–Crippen LogP) is -0.610. The highest BCUT2D eigenvalue weighted by atomic mass is 16.5. The Hall–Kier alpha value is -8.01. The number of benzene rings is 2. The highest BCUT2D eigenvalue weighted by Gasteiger charge is 2.33. The van der Waals surface area contributed by atoms with Crippen molar-refractivity contribution in [2.24, 2.45) is 62.3 Å². The van der Waals surface area contributed by atoms with E-state index in [2.05, 4.69) is 68.6 Å². The molecule has 31 nitrogen and oxygen atoms in total. The number of carbonyl (C=O) groups excluding carboxylic acids is 9. The molecule has 1 aliphatic heterocycles. The van der Waals surface area contributed by atoms with Crippen molar-refractivity contribution in [3.63, 3.8) is 0 Å². The van der Waals surface area contributed by atoms with Gasteiger partial charge in [-0.3, -0.25) is 58.1 Å². The number of guanidine groups is 2. The summed E-state index contributed by atoms with van der Waals surface area (Å²) in [5, 5.41) is 28.7. The van der Waals surface area contributed by atoms with E-state index < -0.39 is 65.7 Å². The molecule has 0 radical (unpaired) electrons. The maximum absolute atomic E-state index is 14.6. The van der Waals surface area contributed by atoms with Crippen LogP contribution < -0.4 is 60.6 Å². The summed E-state index contributed by atoms with van der Waals surface area (Å²) in [6, 6.07) is 11.6. The summed E-state index contributed by atoms with van der Waals surface area (Å²) >= 11 is 0. The van der Waals surface area contributed by atoms with Gasteiger partial charge in [0.25, 0.3) is 0 Å². The van der Waals surface area contributed by atoms with Crippen molar-refractivity contribution in [3.05, 3.63) is 65.9 Å². The lowest BCUT2D eigenvalue weighted by Crippen LogP contribution is -2.48. The quantitative estimate of drug-likeness (QED) is 0.0190. The van der Waals surface area contributed by atoms with Gasteiger partial charge in [0.15, 0.2) is 29.3 Å². The number of phenols is 1. The molecule has 3 aromatic rings. The maximum atomic E-state index is 14.6. The van der Waals surface area contributed by atoms with Gasteiger partial charge in [-0.2, -0.15) is 0 Å². The number of hydrogen-bond acceptors (Lipinski definition) is 21. The number of likely N-dealkylation sites (N-methyl/N-ethyl adjacent to an activating group) is 1. The van der Waals surface area contributed by atoms with Gasteiger partial charge < -0.3 is 99.3 Å². The molecule has 31 heteroatoms. The number of fused-ring (bicyclic) bond motifs is 1. The summed E-state index contributed by atoms with van der Waals surface area (Å²) in [4.78, 5) is 141. The van der Waals surface area contributed by atoms with E-state index in [1.54, 1.807) is 18.3 Å². The van der Waals surface area contributed by atoms with Crippen LogP contribution in [0.3, 0.4) is 0 Å². The first-order valence-electron chi connectivity index (χ1n) is 35.8. The van der Waals surface area contributed by atoms with Crippen LogP contribution in [0.4, 0.5) is 0 Å². The van der Waals surface area contributed by atoms with Gasteiger partial charge in [-0.05, 0) is 101 Å². The first-order valence-corrected chi connectivity index (χ1v) is 35.8. The molecular weight excluding hydrogens is 1310 g/mol. The number of para-hydroxylation sites is 1. The Morgan fingerprint density at radius 2 is 1.16 bits per heavy atom. The van der Waals surface area contributed by atoms with Crippen molar-refractivity contribution in [2.75, 3.05) is 165 Å². The van der Waals surface area contributed by atoms with E-state index in [4.69, 9.17) is 47.6 Å². The van der Waals surface area contributed by atoms with Gasteiger partial charge in [-0.15, -0.1) is 0 Å². The van der Waals surface area contributed by atoms with Crippen molar-refractivity contribution in [1.82, 2.24) is 51.6 Å². The summed E-state index contributed by atoms with van der Waals surface area (Å²) in [6.07, 6.45) is 2.75. The number of aromatic hydroxyl groups is 1. The number of rotatable bonds is 51. The molecule has 4 rings (SSSR count). The lowest BCUT2D eigenvalue weighted by Gasteiger charge is -2.30. The van der Waals surface area contributed by atoms with Crippen molar-refractivity contribution in [2.45, 2.75) is 110 Å². The highest BCUT2D eigenvalue weighted by molar-refractivity contribution is 5.96. The molecule has 18 N–H and O–H groups in total. The summed E-state index contributed by atoms with van der Waals surface area (Å²) < 4.78 is 22.3. The fourth-order valence-corrected chi connectivity index (χ4v) is 11.6. The SMILES string of the molecule is CC(=O)C[C@@H](Cc1c[nH]c2ccccc12)C(=O)N[C@@H](Cc1ccc(O)cc1)C(=O)C[C@@H](CCCN=C(N)N)C(=O)NCC(=O)C[C@@H](CCCN=C(N)N)C(=O)N[C@@H](CC(C)C)C(=O)CCCOCCOCCNC(=O)CN1CCN(C)CCNCCN(CC(=O)NCCOCCOCCN)CC1. The number of Topliss-reactive ketones (excluding diaryl/α,β-unsaturated/α-hetero) is 4. The van der Waals surface area contributed by atoms with Gasteiger partial charge in [0.2, 0.25) is 29.5 Å². The molecule has 1 aromatic heterocycles. The first-order chi connectivity index (χ1) is 49.0. The Morgan fingerprint density at radius 3 is 1.76 bits per heavy atom. The molecule has 102 heavy (non-hydrogen) atoms. The zero-order chi connectivity index (χ0) is 74.4. The van der Waals surface area contributed by atoms with E-state index in [9.17, 15) is 48.3 Å². The molecule has 1 aliphatic rings. The number of ketones is 4. The zero-order valence-corrected chi connectivity index (χ0v) is 60.5. The second-order valence-corrected chi connectivity index (χ2v) is 26.3. The van der Waals surface area contributed by atoms with Gasteiger partial charge in [0.1, 0.15) is 11.5 Å². The Morgan fingerprint density at radius 1 is 0.598 bits per heavy atom. The standard InChI is InChI=1S/C71H117N17O14/c1-50(2)40-61(63(92)14-9-32-99-36-38-101-34-25-79-66(95)49-88-29-28-86(4)26-22-77-23-27-87(30-31-88)48-65(94)78-24-35-102-39-37-100-33-19-72)84-68(97)53(10-7-20-80-70(73)74)44-58(91)47-83-67(96)54(11-8-21-81-71(75)76)45-64(93)62(42-52-15-17-57(90)18-16-52)85-69(98)55(41-51(3)89)43-56-46-82-60-13-6-5-12-59(56)60/h5-6,12-13,15-18,46,50,53-55,61-62,77,82,90H,7-11,14,19-45,47-49,72H2,1-4H3,(H,78,94)(H,79,95)(H,83,96)(H,84,97)(H,85,98)(H4,73,74,80)(H4,75,76,81)/t53-,54-,55+,61+,62+/m1/s1. The normalized spacial score (nSPS) is 15.0. The van der Waals surface area contributed by atoms with E-state index in [0.29, 0.717) is 97.1 Å². The average Bonchev–Trinajstić information content (AvgIpc) is 1.65. The monoisotopic (exact) mass is 1430 g/mol. The molecule has 0 spiro atoms. The topological polar surface area (TPSA) is 463 Å². The molecule has 5 amide bonds. The van der Waals surface area contributed by atoms with E-state index in [1.807, 2.05) is 38.1 Å². The van der Waals surface area contributed by atoms with E-state index in [0.717, 1.165) is 42.6 Å². The van der Waals surface area contributed by atoms with Crippen LogP contribution >= 0.6 is 0 Å². The highest BCUT2D eigenvalue weighted by Crippen LogP contribution is 2.25. The molecule has 2 heterocycles. The van der Waals surface area contributed by atoms with Crippen LogP contribution in [0.2, 0.25) is 0 Å². The summed E-state index contributed by atoms with van der Waals surface area (Å²) in [6.45, 7) is 14.9. The third kappa shape index (κ3) is 37.8. The number of amides is 5. The third-order valence-electron chi connectivity index (χ3n) is 17.1. The number of hydrogen-bond donors (Lipinski definition) is 13. The Balaban J connectivity index is 1.29. The van der Waals surface area contributed by atoms with Crippen molar-refractivity contribution < 1.29 is 67.2 Å². The number of nitrogens with two attached hydrogens (primary N) is 5. The number of ether oxygens (including phenoxy) is 4. The van der Waals surface area contributed by atoms with Gasteiger partial charge in [0, 0.05) is 152 Å². The number of nitrogens with zero attached hydrogens (tertiary/aromatic N) is 5. The Bertz CT molecular complexity index is 3070. The minimum Gasteiger partial charge on any atom is -0.508 e. The van der Waals surface area contributed by atoms with Crippen LogP contribution in [0.25, 0.3) is 10.9 Å². The summed E-state index contributed by atoms with van der Waals surface area (Å²) in [7, 11) is 2.05. The number of nitrogens with one attached hydrogen (secondary N) is 7. The van der Waals surface area contributed by atoms with Gasteiger partial charge in [0.05, 0.1) is 78.0 Å². The molecular formula is C71H117N17O14. The van der Waals surface area contributed by atoms with E-state index >= 15 is 0 Å². The van der Waals surface area contributed by atoms with Crippen molar-refractivity contribution >= 4 is 75.5 Å². The first kappa shape index (κ1) is 86.4. The molecule has 0 bridgehead atoms. The van der Waals surface area contributed by atoms with Crippen LogP contribution in [0, 0.1) is 23.7 Å². The van der Waals surface area contributed by atoms with Crippen LogP contribution in [0.15, 0.2) is 64.7 Å². The second kappa shape index (κ2) is 50.4. The Labute approximate surface area is 600 Å². The maximum Gasteiger partial charge on any atom is 0.234 e.